The van der Waals surface area contributed by atoms with E-state index in [0.29, 0.717) is 16.6 Å². The number of ether oxygens (including phenoxy) is 1. The Kier molecular flexibility index (Phi) is 10.4. The lowest BCUT2D eigenvalue weighted by atomic mass is 10.1. The molecule has 0 saturated carbocycles. The second-order valence-corrected chi connectivity index (χ2v) is 14.2. The Labute approximate surface area is 169 Å². The molecule has 0 fully saturated rings. The van der Waals surface area contributed by atoms with Gasteiger partial charge in [-0.1, -0.05) is 65.3 Å². The summed E-state index contributed by atoms with van der Waals surface area (Å²) in [5.41, 5.74) is 4.82. The Balaban J connectivity index is 2.41. The van der Waals surface area contributed by atoms with Crippen molar-refractivity contribution >= 4 is 8.32 Å². The highest BCUT2D eigenvalue weighted by Gasteiger charge is 2.44. The molecule has 2 nitrogen and oxygen atoms in total. The standard InChI is InChI=1S/C24H42O2Si/c1-19(2)27(20(3)4,21(5)6)26-18-10-9-11-22(7)12-13-23-14-16-24(25-8)17-15-23/h12,14-17,19-21H,9-11,13,18H2,1-8H3/b22-12+. The zero-order chi connectivity index (χ0) is 20.4. The summed E-state index contributed by atoms with van der Waals surface area (Å²) in [6.45, 7) is 17.3. The molecule has 0 saturated heterocycles. The van der Waals surface area contributed by atoms with Crippen LogP contribution in [0.15, 0.2) is 35.9 Å². The van der Waals surface area contributed by atoms with Gasteiger partial charge in [0.05, 0.1) is 7.11 Å². The number of hydrogen-bond donors (Lipinski definition) is 0. The van der Waals surface area contributed by atoms with Gasteiger partial charge in [0, 0.05) is 6.61 Å². The molecule has 0 aliphatic carbocycles. The van der Waals surface area contributed by atoms with E-state index in [1.807, 2.05) is 12.1 Å². The molecular formula is C24H42O2Si. The predicted octanol–water partition coefficient (Wildman–Crippen LogP) is 7.55. The normalized spacial score (nSPS) is 13.1. The molecule has 27 heavy (non-hydrogen) atoms. The Bertz CT molecular complexity index is 536. The lowest BCUT2D eigenvalue weighted by Crippen LogP contribution is -2.47. The van der Waals surface area contributed by atoms with Gasteiger partial charge in [-0.15, -0.1) is 0 Å². The Morgan fingerprint density at radius 3 is 1.96 bits per heavy atom. The van der Waals surface area contributed by atoms with E-state index in [1.54, 1.807) is 7.11 Å². The minimum absolute atomic E-state index is 0.670. The quantitative estimate of drug-likeness (QED) is 0.208. The number of benzene rings is 1. The van der Waals surface area contributed by atoms with Gasteiger partial charge < -0.3 is 9.16 Å². The molecule has 0 aliphatic rings. The van der Waals surface area contributed by atoms with Gasteiger partial charge in [0.25, 0.3) is 0 Å². The average Bonchev–Trinajstić information content (AvgIpc) is 2.62. The van der Waals surface area contributed by atoms with Crippen LogP contribution in [0.2, 0.25) is 16.6 Å². The van der Waals surface area contributed by atoms with Gasteiger partial charge in [0.2, 0.25) is 0 Å². The second kappa shape index (κ2) is 11.7. The highest BCUT2D eigenvalue weighted by atomic mass is 28.4. The van der Waals surface area contributed by atoms with Crippen molar-refractivity contribution in [1.29, 1.82) is 0 Å². The zero-order valence-corrected chi connectivity index (χ0v) is 20.0. The molecule has 3 heteroatoms. The first kappa shape index (κ1) is 24.0. The van der Waals surface area contributed by atoms with Gasteiger partial charge >= 0.3 is 0 Å². The van der Waals surface area contributed by atoms with Crippen LogP contribution in [0, 0.1) is 0 Å². The molecular weight excluding hydrogens is 348 g/mol. The predicted molar refractivity (Wildman–Crippen MR) is 121 cm³/mol. The van der Waals surface area contributed by atoms with Crippen LogP contribution in [-0.4, -0.2) is 22.0 Å². The monoisotopic (exact) mass is 390 g/mol. The number of hydrogen-bond acceptors (Lipinski definition) is 2. The molecule has 1 rings (SSSR count). The van der Waals surface area contributed by atoms with Crippen LogP contribution in [-0.2, 0) is 10.8 Å². The van der Waals surface area contributed by atoms with Gasteiger partial charge in [-0.25, -0.2) is 0 Å². The van der Waals surface area contributed by atoms with Gasteiger partial charge in [-0.05, 0) is 66.9 Å². The maximum absolute atomic E-state index is 6.65. The largest absolute Gasteiger partial charge is 0.497 e. The van der Waals surface area contributed by atoms with Gasteiger partial charge in [0.15, 0.2) is 8.32 Å². The lowest BCUT2D eigenvalue weighted by Gasteiger charge is -2.42. The van der Waals surface area contributed by atoms with Crippen molar-refractivity contribution < 1.29 is 9.16 Å². The average molecular weight is 391 g/mol. The van der Waals surface area contributed by atoms with E-state index in [0.717, 1.165) is 25.2 Å². The third kappa shape index (κ3) is 7.12. The number of methoxy groups -OCH3 is 1. The minimum atomic E-state index is -1.70. The van der Waals surface area contributed by atoms with Gasteiger partial charge in [-0.3, -0.25) is 0 Å². The van der Waals surface area contributed by atoms with Crippen molar-refractivity contribution in [2.75, 3.05) is 13.7 Å². The molecule has 0 N–H and O–H groups in total. The smallest absolute Gasteiger partial charge is 0.200 e. The van der Waals surface area contributed by atoms with Crippen molar-refractivity contribution in [1.82, 2.24) is 0 Å². The summed E-state index contributed by atoms with van der Waals surface area (Å²) in [5, 5.41) is 0. The van der Waals surface area contributed by atoms with Crippen LogP contribution in [0.3, 0.4) is 0 Å². The fourth-order valence-electron chi connectivity index (χ4n) is 4.41. The van der Waals surface area contributed by atoms with E-state index in [4.69, 9.17) is 9.16 Å². The Morgan fingerprint density at radius 2 is 1.48 bits per heavy atom. The fraction of sp³-hybridized carbons (Fsp3) is 0.667. The summed E-state index contributed by atoms with van der Waals surface area (Å²) >= 11 is 0. The first-order chi connectivity index (χ1) is 12.7. The van der Waals surface area contributed by atoms with Crippen LogP contribution in [0.5, 0.6) is 5.75 Å². The zero-order valence-electron chi connectivity index (χ0n) is 19.0. The summed E-state index contributed by atoms with van der Waals surface area (Å²) < 4.78 is 11.9. The van der Waals surface area contributed by atoms with Crippen LogP contribution in [0.25, 0.3) is 0 Å². The van der Waals surface area contributed by atoms with Crippen molar-refractivity contribution in [3.05, 3.63) is 41.5 Å². The van der Waals surface area contributed by atoms with Crippen LogP contribution in [0.1, 0.15) is 73.3 Å². The van der Waals surface area contributed by atoms with E-state index in [1.165, 1.54) is 24.0 Å². The molecule has 0 bridgehead atoms. The Morgan fingerprint density at radius 1 is 0.926 bits per heavy atom. The minimum Gasteiger partial charge on any atom is -0.497 e. The first-order valence-electron chi connectivity index (χ1n) is 10.7. The van der Waals surface area contributed by atoms with Crippen LogP contribution >= 0.6 is 0 Å². The summed E-state index contributed by atoms with van der Waals surface area (Å²) in [6.07, 6.45) is 6.89. The third-order valence-electron chi connectivity index (χ3n) is 5.87. The van der Waals surface area contributed by atoms with E-state index in [9.17, 15) is 0 Å². The Hall–Kier alpha value is -1.06. The number of rotatable bonds is 12. The molecule has 0 atom stereocenters. The summed E-state index contributed by atoms with van der Waals surface area (Å²) in [4.78, 5) is 0. The molecule has 0 spiro atoms. The molecule has 0 radical (unpaired) electrons. The third-order valence-corrected chi connectivity index (χ3v) is 12.0. The fourth-order valence-corrected chi connectivity index (χ4v) is 9.91. The molecule has 1 aromatic rings. The summed E-state index contributed by atoms with van der Waals surface area (Å²) in [6, 6.07) is 8.35. The van der Waals surface area contributed by atoms with E-state index < -0.39 is 8.32 Å². The maximum Gasteiger partial charge on any atom is 0.200 e. The molecule has 0 unspecified atom stereocenters. The van der Waals surface area contributed by atoms with E-state index in [-0.39, 0.29) is 0 Å². The van der Waals surface area contributed by atoms with Gasteiger partial charge in [-0.2, -0.15) is 0 Å². The highest BCUT2D eigenvalue weighted by Crippen LogP contribution is 2.42. The summed E-state index contributed by atoms with van der Waals surface area (Å²) in [5.74, 6) is 0.920. The van der Waals surface area contributed by atoms with Crippen LogP contribution in [0.4, 0.5) is 0 Å². The van der Waals surface area contributed by atoms with E-state index >= 15 is 0 Å². The van der Waals surface area contributed by atoms with Crippen LogP contribution < -0.4 is 4.74 Å². The maximum atomic E-state index is 6.65. The van der Waals surface area contributed by atoms with Gasteiger partial charge in [0.1, 0.15) is 5.75 Å². The topological polar surface area (TPSA) is 18.5 Å². The molecule has 1 aromatic carbocycles. The number of unbranched alkanes of at least 4 members (excludes halogenated alkanes) is 1. The molecule has 154 valence electrons. The molecule has 0 heterocycles. The lowest BCUT2D eigenvalue weighted by molar-refractivity contribution is 0.269. The number of allylic oxidation sites excluding steroid dienone is 2. The SMILES string of the molecule is COc1ccc(C/C=C(\C)CCCCO[Si](C(C)C)(C(C)C)C(C)C)cc1. The van der Waals surface area contributed by atoms with Crippen molar-refractivity contribution in [2.45, 2.75) is 90.8 Å². The van der Waals surface area contributed by atoms with Crippen molar-refractivity contribution in [3.63, 3.8) is 0 Å². The van der Waals surface area contributed by atoms with Crippen molar-refractivity contribution in [3.8, 4) is 5.75 Å². The molecule has 0 amide bonds. The molecule has 0 aromatic heterocycles. The highest BCUT2D eigenvalue weighted by molar-refractivity contribution is 6.77. The summed E-state index contributed by atoms with van der Waals surface area (Å²) in [7, 11) is 0.0103. The van der Waals surface area contributed by atoms with Crippen molar-refractivity contribution in [2.24, 2.45) is 0 Å². The first-order valence-corrected chi connectivity index (χ1v) is 12.8. The van der Waals surface area contributed by atoms with E-state index in [2.05, 4.69) is 66.7 Å². The molecule has 0 aliphatic heterocycles. The second-order valence-electron chi connectivity index (χ2n) is 8.73.